The fourth-order valence-electron chi connectivity index (χ4n) is 1.73. The van der Waals surface area contributed by atoms with Crippen LogP contribution in [0.5, 0.6) is 0 Å². The number of hydrogen-bond acceptors (Lipinski definition) is 3. The zero-order chi connectivity index (χ0) is 12.8. The molecule has 1 aromatic carbocycles. The Morgan fingerprint density at radius 3 is 2.47 bits per heavy atom. The lowest BCUT2D eigenvalue weighted by molar-refractivity contribution is -0.140. The second-order valence-corrected chi connectivity index (χ2v) is 4.37. The summed E-state index contributed by atoms with van der Waals surface area (Å²) in [5.74, 6) is -0.172. The number of methoxy groups -OCH3 is 1. The number of aryl methyl sites for hydroxylation is 3. The average Bonchev–Trinajstić information content (AvgIpc) is 2.30. The van der Waals surface area contributed by atoms with Crippen LogP contribution < -0.4 is 5.32 Å². The van der Waals surface area contributed by atoms with Crippen LogP contribution in [0.2, 0.25) is 0 Å². The standard InChI is InChI=1S/C14H21NO2/c1-10-7-12(3)13(8-11(10)2)9-15-6-5-14(16)17-4/h7-8,15H,5-6,9H2,1-4H3. The summed E-state index contributed by atoms with van der Waals surface area (Å²) in [6, 6.07) is 4.41. The summed E-state index contributed by atoms with van der Waals surface area (Å²) >= 11 is 0. The van der Waals surface area contributed by atoms with E-state index in [1.165, 1.54) is 29.4 Å². The molecule has 0 spiro atoms. The summed E-state index contributed by atoms with van der Waals surface area (Å²) in [5.41, 5.74) is 5.21. The summed E-state index contributed by atoms with van der Waals surface area (Å²) in [7, 11) is 1.41. The second kappa shape index (κ2) is 6.40. The highest BCUT2D eigenvalue weighted by atomic mass is 16.5. The van der Waals surface area contributed by atoms with Gasteiger partial charge in [0.1, 0.15) is 0 Å². The van der Waals surface area contributed by atoms with E-state index in [2.05, 4.69) is 43.0 Å². The molecule has 3 heteroatoms. The highest BCUT2D eigenvalue weighted by molar-refractivity contribution is 5.69. The van der Waals surface area contributed by atoms with Gasteiger partial charge in [0.15, 0.2) is 0 Å². The third-order valence-electron chi connectivity index (χ3n) is 3.00. The summed E-state index contributed by atoms with van der Waals surface area (Å²) in [4.78, 5) is 10.9. The second-order valence-electron chi connectivity index (χ2n) is 4.37. The topological polar surface area (TPSA) is 38.3 Å². The maximum atomic E-state index is 10.9. The van der Waals surface area contributed by atoms with Crippen molar-refractivity contribution in [1.29, 1.82) is 0 Å². The van der Waals surface area contributed by atoms with Crippen LogP contribution in [0.25, 0.3) is 0 Å². The molecule has 0 fully saturated rings. The van der Waals surface area contributed by atoms with Gasteiger partial charge in [-0.3, -0.25) is 4.79 Å². The largest absolute Gasteiger partial charge is 0.469 e. The smallest absolute Gasteiger partial charge is 0.306 e. The Kier molecular flexibility index (Phi) is 5.16. The Labute approximate surface area is 103 Å². The summed E-state index contributed by atoms with van der Waals surface area (Å²) < 4.78 is 4.58. The first kappa shape index (κ1) is 13.7. The number of rotatable bonds is 5. The van der Waals surface area contributed by atoms with E-state index in [4.69, 9.17) is 0 Å². The molecule has 1 N–H and O–H groups in total. The van der Waals surface area contributed by atoms with Crippen LogP contribution in [-0.4, -0.2) is 19.6 Å². The summed E-state index contributed by atoms with van der Waals surface area (Å²) in [5, 5.41) is 3.25. The zero-order valence-electron chi connectivity index (χ0n) is 11.1. The van der Waals surface area contributed by atoms with Gasteiger partial charge in [-0.2, -0.15) is 0 Å². The average molecular weight is 235 g/mol. The first-order chi connectivity index (χ1) is 8.04. The van der Waals surface area contributed by atoms with E-state index in [0.29, 0.717) is 13.0 Å². The quantitative estimate of drug-likeness (QED) is 0.628. The molecule has 1 aromatic rings. The first-order valence-electron chi connectivity index (χ1n) is 5.89. The number of carbonyl (C=O) groups is 1. The molecule has 1 rings (SSSR count). The lowest BCUT2D eigenvalue weighted by atomic mass is 10.0. The minimum atomic E-state index is -0.172. The molecule has 0 radical (unpaired) electrons. The minimum absolute atomic E-state index is 0.172. The molecule has 0 aliphatic carbocycles. The van der Waals surface area contributed by atoms with Gasteiger partial charge in [-0.05, 0) is 43.0 Å². The molecule has 0 aliphatic rings. The molecule has 0 saturated heterocycles. The molecule has 0 aliphatic heterocycles. The lowest BCUT2D eigenvalue weighted by Gasteiger charge is -2.10. The highest BCUT2D eigenvalue weighted by Crippen LogP contribution is 2.14. The Balaban J connectivity index is 2.47. The van der Waals surface area contributed by atoms with Crippen molar-refractivity contribution >= 4 is 5.97 Å². The third kappa shape index (κ3) is 4.19. The molecule has 0 amide bonds. The van der Waals surface area contributed by atoms with E-state index < -0.39 is 0 Å². The maximum absolute atomic E-state index is 10.9. The molecule has 0 saturated carbocycles. The first-order valence-corrected chi connectivity index (χ1v) is 5.89. The number of carbonyl (C=O) groups excluding carboxylic acids is 1. The molecule has 3 nitrogen and oxygen atoms in total. The highest BCUT2D eigenvalue weighted by Gasteiger charge is 2.03. The molecular formula is C14H21NO2. The predicted molar refractivity (Wildman–Crippen MR) is 69.0 cm³/mol. The van der Waals surface area contributed by atoms with Crippen LogP contribution in [0.15, 0.2) is 12.1 Å². The molecule has 17 heavy (non-hydrogen) atoms. The van der Waals surface area contributed by atoms with Gasteiger partial charge in [-0.25, -0.2) is 0 Å². The normalized spacial score (nSPS) is 10.4. The van der Waals surface area contributed by atoms with Crippen LogP contribution in [-0.2, 0) is 16.1 Å². The fraction of sp³-hybridized carbons (Fsp3) is 0.500. The molecule has 0 aromatic heterocycles. The van der Waals surface area contributed by atoms with Gasteiger partial charge in [0.2, 0.25) is 0 Å². The number of esters is 1. The van der Waals surface area contributed by atoms with Gasteiger partial charge in [0.25, 0.3) is 0 Å². The van der Waals surface area contributed by atoms with Crippen molar-refractivity contribution in [3.05, 3.63) is 34.4 Å². The van der Waals surface area contributed by atoms with Crippen molar-refractivity contribution in [2.45, 2.75) is 33.7 Å². The Hall–Kier alpha value is -1.35. The molecule has 0 bridgehead atoms. The van der Waals surface area contributed by atoms with Crippen molar-refractivity contribution in [3.8, 4) is 0 Å². The predicted octanol–water partition coefficient (Wildman–Crippen LogP) is 2.26. The van der Waals surface area contributed by atoms with Gasteiger partial charge in [0, 0.05) is 13.1 Å². The van der Waals surface area contributed by atoms with Crippen molar-refractivity contribution in [1.82, 2.24) is 5.32 Å². The lowest BCUT2D eigenvalue weighted by Crippen LogP contribution is -2.19. The molecule has 94 valence electrons. The Morgan fingerprint density at radius 2 is 1.82 bits per heavy atom. The fourth-order valence-corrected chi connectivity index (χ4v) is 1.73. The van der Waals surface area contributed by atoms with Gasteiger partial charge < -0.3 is 10.1 Å². The van der Waals surface area contributed by atoms with E-state index in [1.54, 1.807) is 0 Å². The van der Waals surface area contributed by atoms with Gasteiger partial charge in [-0.15, -0.1) is 0 Å². The van der Waals surface area contributed by atoms with Crippen molar-refractivity contribution in [2.24, 2.45) is 0 Å². The summed E-state index contributed by atoms with van der Waals surface area (Å²) in [6.45, 7) is 7.80. The summed E-state index contributed by atoms with van der Waals surface area (Å²) in [6.07, 6.45) is 0.417. The molecule has 0 atom stereocenters. The van der Waals surface area contributed by atoms with Gasteiger partial charge in [-0.1, -0.05) is 12.1 Å². The van der Waals surface area contributed by atoms with E-state index in [0.717, 1.165) is 6.54 Å². The Morgan fingerprint density at radius 1 is 1.18 bits per heavy atom. The van der Waals surface area contributed by atoms with Crippen molar-refractivity contribution < 1.29 is 9.53 Å². The van der Waals surface area contributed by atoms with Gasteiger partial charge in [0.05, 0.1) is 13.5 Å². The van der Waals surface area contributed by atoms with E-state index in [-0.39, 0.29) is 5.97 Å². The van der Waals surface area contributed by atoms with Crippen LogP contribution in [0.1, 0.15) is 28.7 Å². The molecule has 0 unspecified atom stereocenters. The molecular weight excluding hydrogens is 214 g/mol. The van der Waals surface area contributed by atoms with E-state index in [9.17, 15) is 4.79 Å². The number of benzene rings is 1. The number of hydrogen-bond donors (Lipinski definition) is 1. The number of ether oxygens (including phenoxy) is 1. The van der Waals surface area contributed by atoms with Crippen LogP contribution >= 0.6 is 0 Å². The van der Waals surface area contributed by atoms with E-state index in [1.807, 2.05) is 0 Å². The number of nitrogens with one attached hydrogen (secondary N) is 1. The van der Waals surface area contributed by atoms with Crippen molar-refractivity contribution in [3.63, 3.8) is 0 Å². The van der Waals surface area contributed by atoms with Crippen LogP contribution in [0, 0.1) is 20.8 Å². The van der Waals surface area contributed by atoms with Crippen molar-refractivity contribution in [2.75, 3.05) is 13.7 Å². The zero-order valence-corrected chi connectivity index (χ0v) is 11.1. The van der Waals surface area contributed by atoms with Crippen LogP contribution in [0.4, 0.5) is 0 Å². The SMILES string of the molecule is COC(=O)CCNCc1cc(C)c(C)cc1C. The van der Waals surface area contributed by atoms with Crippen LogP contribution in [0.3, 0.4) is 0 Å². The Bertz CT molecular complexity index is 399. The monoisotopic (exact) mass is 235 g/mol. The third-order valence-corrected chi connectivity index (χ3v) is 3.00. The molecule has 0 heterocycles. The van der Waals surface area contributed by atoms with E-state index >= 15 is 0 Å². The van der Waals surface area contributed by atoms with Gasteiger partial charge >= 0.3 is 5.97 Å². The maximum Gasteiger partial charge on any atom is 0.306 e. The minimum Gasteiger partial charge on any atom is -0.469 e.